The number of carbonyl (C=O) groups excluding carboxylic acids is 1. The van der Waals surface area contributed by atoms with Gasteiger partial charge < -0.3 is 9.88 Å². The van der Waals surface area contributed by atoms with Crippen LogP contribution in [0.15, 0.2) is 39.7 Å². The third-order valence-electron chi connectivity index (χ3n) is 2.96. The number of hydrogen-bond donors (Lipinski definition) is 1. The topological polar surface area (TPSA) is 51.1 Å². The van der Waals surface area contributed by atoms with Crippen LogP contribution in [0.5, 0.6) is 0 Å². The highest BCUT2D eigenvalue weighted by Gasteiger charge is 2.07. The lowest BCUT2D eigenvalue weighted by Crippen LogP contribution is -2.31. The van der Waals surface area contributed by atoms with Crippen LogP contribution in [0.3, 0.4) is 0 Å². The van der Waals surface area contributed by atoms with Crippen LogP contribution < -0.4 is 10.7 Å². The molecule has 1 aromatic heterocycles. The Bertz CT molecular complexity index is 692. The molecule has 0 bridgehead atoms. The van der Waals surface area contributed by atoms with Gasteiger partial charge >= 0.3 is 0 Å². The normalized spacial score (nSPS) is 11.0. The van der Waals surface area contributed by atoms with Crippen molar-refractivity contribution in [1.82, 2.24) is 9.88 Å². The molecule has 2 rings (SSSR count). The predicted molar refractivity (Wildman–Crippen MR) is 83.8 cm³/mol. The summed E-state index contributed by atoms with van der Waals surface area (Å²) in [5, 5.41) is 3.48. The van der Waals surface area contributed by atoms with Crippen LogP contribution >= 0.6 is 15.9 Å². The van der Waals surface area contributed by atoms with Crippen molar-refractivity contribution < 1.29 is 4.79 Å². The van der Waals surface area contributed by atoms with E-state index in [0.29, 0.717) is 17.8 Å². The fourth-order valence-corrected chi connectivity index (χ4v) is 2.31. The first-order chi connectivity index (χ1) is 9.47. The van der Waals surface area contributed by atoms with E-state index in [1.807, 2.05) is 26.0 Å². The van der Waals surface area contributed by atoms with Crippen LogP contribution in [0.2, 0.25) is 0 Å². The number of nitrogens with zero attached hydrogens (tertiary/aromatic N) is 1. The number of carbonyl (C=O) groups is 1. The maximum Gasteiger partial charge on any atom is 0.239 e. The van der Waals surface area contributed by atoms with E-state index in [0.717, 1.165) is 9.99 Å². The number of benzene rings is 1. The molecule has 0 saturated heterocycles. The summed E-state index contributed by atoms with van der Waals surface area (Å²) in [6.45, 7) is 4.97. The summed E-state index contributed by atoms with van der Waals surface area (Å²) in [5.74, 6) is 0.368. The summed E-state index contributed by atoms with van der Waals surface area (Å²) in [6, 6.07) is 6.98. The summed E-state index contributed by atoms with van der Waals surface area (Å²) >= 11 is 3.36. The Hall–Kier alpha value is -1.62. The molecular formula is C15H17BrN2O2. The van der Waals surface area contributed by atoms with Crippen molar-refractivity contribution >= 4 is 32.7 Å². The number of hydrogen-bond acceptors (Lipinski definition) is 2. The Morgan fingerprint density at radius 2 is 2.10 bits per heavy atom. The Kier molecular flexibility index (Phi) is 4.60. The molecule has 106 valence electrons. The summed E-state index contributed by atoms with van der Waals surface area (Å²) in [6.07, 6.45) is 1.66. The van der Waals surface area contributed by atoms with E-state index in [1.165, 1.54) is 6.07 Å². The molecule has 0 atom stereocenters. The average Bonchev–Trinajstić information content (AvgIpc) is 2.40. The van der Waals surface area contributed by atoms with E-state index in [-0.39, 0.29) is 17.9 Å². The molecule has 4 nitrogen and oxygen atoms in total. The number of pyridine rings is 1. The smallest absolute Gasteiger partial charge is 0.239 e. The average molecular weight is 337 g/mol. The first-order valence-corrected chi connectivity index (χ1v) is 7.32. The van der Waals surface area contributed by atoms with Gasteiger partial charge in [0.15, 0.2) is 5.43 Å². The van der Waals surface area contributed by atoms with Crippen molar-refractivity contribution in [2.45, 2.75) is 20.4 Å². The van der Waals surface area contributed by atoms with Gasteiger partial charge in [-0.25, -0.2) is 0 Å². The molecule has 0 spiro atoms. The monoisotopic (exact) mass is 336 g/mol. The van der Waals surface area contributed by atoms with Gasteiger partial charge in [0.1, 0.15) is 6.54 Å². The molecule has 0 fully saturated rings. The van der Waals surface area contributed by atoms with E-state index in [1.54, 1.807) is 16.8 Å². The Morgan fingerprint density at radius 3 is 2.80 bits per heavy atom. The zero-order valence-corrected chi connectivity index (χ0v) is 13.1. The van der Waals surface area contributed by atoms with Crippen molar-refractivity contribution in [3.05, 3.63) is 45.2 Å². The van der Waals surface area contributed by atoms with Gasteiger partial charge in [0.2, 0.25) is 5.91 Å². The number of fused-ring (bicyclic) bond motifs is 1. The largest absolute Gasteiger partial charge is 0.354 e. The molecule has 1 aromatic carbocycles. The molecule has 1 N–H and O–H groups in total. The Labute approximate surface area is 125 Å². The van der Waals surface area contributed by atoms with Crippen LogP contribution in [-0.4, -0.2) is 17.0 Å². The Balaban J connectivity index is 2.29. The van der Waals surface area contributed by atoms with Crippen molar-refractivity contribution in [3.63, 3.8) is 0 Å². The van der Waals surface area contributed by atoms with Gasteiger partial charge in [-0.3, -0.25) is 9.59 Å². The zero-order chi connectivity index (χ0) is 14.7. The molecule has 0 saturated carbocycles. The summed E-state index contributed by atoms with van der Waals surface area (Å²) < 4.78 is 2.64. The quantitative estimate of drug-likeness (QED) is 0.932. The minimum Gasteiger partial charge on any atom is -0.354 e. The van der Waals surface area contributed by atoms with Crippen molar-refractivity contribution in [2.24, 2.45) is 5.92 Å². The van der Waals surface area contributed by atoms with E-state index in [9.17, 15) is 9.59 Å². The summed E-state index contributed by atoms with van der Waals surface area (Å²) in [4.78, 5) is 23.7. The SMILES string of the molecule is CC(C)CNC(=O)Cn1ccc(=O)c2cc(Br)ccc21. The van der Waals surface area contributed by atoms with E-state index >= 15 is 0 Å². The van der Waals surface area contributed by atoms with Gasteiger partial charge in [-0.05, 0) is 24.1 Å². The number of aromatic nitrogens is 1. The second kappa shape index (κ2) is 6.22. The van der Waals surface area contributed by atoms with Crippen LogP contribution in [0.25, 0.3) is 10.9 Å². The van der Waals surface area contributed by atoms with Crippen molar-refractivity contribution in [3.8, 4) is 0 Å². The van der Waals surface area contributed by atoms with Gasteiger partial charge in [0.25, 0.3) is 0 Å². The molecular weight excluding hydrogens is 320 g/mol. The fraction of sp³-hybridized carbons (Fsp3) is 0.333. The maximum atomic E-state index is 11.9. The lowest BCUT2D eigenvalue weighted by Gasteiger charge is -2.12. The van der Waals surface area contributed by atoms with Gasteiger partial charge in [-0.2, -0.15) is 0 Å². The molecule has 20 heavy (non-hydrogen) atoms. The molecule has 1 heterocycles. The van der Waals surface area contributed by atoms with Crippen LogP contribution in [0.1, 0.15) is 13.8 Å². The highest BCUT2D eigenvalue weighted by molar-refractivity contribution is 9.10. The summed E-state index contributed by atoms with van der Waals surface area (Å²) in [7, 11) is 0. The Morgan fingerprint density at radius 1 is 1.35 bits per heavy atom. The molecule has 0 aliphatic carbocycles. The molecule has 0 unspecified atom stereocenters. The molecule has 0 aliphatic rings. The lowest BCUT2D eigenvalue weighted by atomic mass is 10.2. The second-order valence-corrected chi connectivity index (χ2v) is 6.08. The van der Waals surface area contributed by atoms with E-state index < -0.39 is 0 Å². The first kappa shape index (κ1) is 14.8. The maximum absolute atomic E-state index is 11.9. The number of halogens is 1. The highest BCUT2D eigenvalue weighted by Crippen LogP contribution is 2.16. The first-order valence-electron chi connectivity index (χ1n) is 6.53. The summed E-state index contributed by atoms with van der Waals surface area (Å²) in [5.41, 5.74) is 0.723. The zero-order valence-electron chi connectivity index (χ0n) is 11.5. The van der Waals surface area contributed by atoms with Crippen LogP contribution in [0.4, 0.5) is 0 Å². The standard InChI is InChI=1S/C15H17BrN2O2/c1-10(2)8-17-15(20)9-18-6-5-14(19)12-7-11(16)3-4-13(12)18/h3-7,10H,8-9H2,1-2H3,(H,17,20). The third-order valence-corrected chi connectivity index (χ3v) is 3.45. The molecule has 0 radical (unpaired) electrons. The van der Waals surface area contributed by atoms with E-state index in [2.05, 4.69) is 21.2 Å². The van der Waals surface area contributed by atoms with Crippen molar-refractivity contribution in [2.75, 3.05) is 6.54 Å². The second-order valence-electron chi connectivity index (χ2n) is 5.17. The molecule has 2 aromatic rings. The molecule has 0 aliphatic heterocycles. The van der Waals surface area contributed by atoms with Crippen LogP contribution in [0, 0.1) is 5.92 Å². The van der Waals surface area contributed by atoms with E-state index in [4.69, 9.17) is 0 Å². The minimum absolute atomic E-state index is 0.0415. The number of nitrogens with one attached hydrogen (secondary N) is 1. The van der Waals surface area contributed by atoms with Gasteiger partial charge in [0, 0.05) is 28.7 Å². The fourth-order valence-electron chi connectivity index (χ4n) is 1.95. The number of rotatable bonds is 4. The van der Waals surface area contributed by atoms with Gasteiger partial charge in [-0.15, -0.1) is 0 Å². The minimum atomic E-state index is -0.0495. The van der Waals surface area contributed by atoms with Crippen LogP contribution in [-0.2, 0) is 11.3 Å². The number of amides is 1. The molecule has 5 heteroatoms. The van der Waals surface area contributed by atoms with Crippen molar-refractivity contribution in [1.29, 1.82) is 0 Å². The van der Waals surface area contributed by atoms with Gasteiger partial charge in [-0.1, -0.05) is 29.8 Å². The molecule has 1 amide bonds. The predicted octanol–water partition coefficient (Wildman–Crippen LogP) is 2.54. The van der Waals surface area contributed by atoms with Gasteiger partial charge in [0.05, 0.1) is 5.52 Å². The lowest BCUT2D eigenvalue weighted by molar-refractivity contribution is -0.121. The highest BCUT2D eigenvalue weighted by atomic mass is 79.9. The third kappa shape index (κ3) is 3.48.